The van der Waals surface area contributed by atoms with Gasteiger partial charge in [-0.1, -0.05) is 36.4 Å². The van der Waals surface area contributed by atoms with Gasteiger partial charge in [0, 0.05) is 23.5 Å². The molecule has 5 heteroatoms. The number of benzene rings is 2. The Morgan fingerprint density at radius 3 is 2.76 bits per heavy atom. The summed E-state index contributed by atoms with van der Waals surface area (Å²) >= 11 is 0. The van der Waals surface area contributed by atoms with Crippen LogP contribution in [0.5, 0.6) is 0 Å². The molecule has 25 heavy (non-hydrogen) atoms. The third-order valence-corrected chi connectivity index (χ3v) is 4.32. The van der Waals surface area contributed by atoms with Gasteiger partial charge >= 0.3 is 0 Å². The molecular weight excluding hydrogens is 312 g/mol. The Balaban J connectivity index is 1.56. The molecule has 5 rings (SSSR count). The predicted molar refractivity (Wildman–Crippen MR) is 98.4 cm³/mol. The van der Waals surface area contributed by atoms with E-state index in [0.717, 1.165) is 33.0 Å². The van der Waals surface area contributed by atoms with E-state index in [4.69, 9.17) is 4.42 Å². The smallest absolute Gasteiger partial charge is 0.196 e. The lowest BCUT2D eigenvalue weighted by molar-refractivity contribution is 0.666. The molecule has 0 saturated heterocycles. The standard InChI is InChI=1S/C20H14N4O/c1-2-9-16-15(8-1)18-19(25-16)20(24-12-23-18)22-11-14-6-3-5-13-7-4-10-21-17(13)14/h1-10,12H,11H2,(H,22,23,24). The molecule has 0 aliphatic carbocycles. The molecule has 0 aliphatic rings. The molecule has 0 spiro atoms. The van der Waals surface area contributed by atoms with E-state index in [-0.39, 0.29) is 0 Å². The fourth-order valence-electron chi connectivity index (χ4n) is 3.14. The molecule has 5 nitrogen and oxygen atoms in total. The molecule has 0 radical (unpaired) electrons. The third kappa shape index (κ3) is 2.29. The maximum atomic E-state index is 5.96. The van der Waals surface area contributed by atoms with Crippen LogP contribution in [0, 0.1) is 0 Å². The molecule has 0 bridgehead atoms. The van der Waals surface area contributed by atoms with Crippen LogP contribution in [0.4, 0.5) is 5.82 Å². The Hall–Kier alpha value is -3.47. The minimum Gasteiger partial charge on any atom is -0.450 e. The highest BCUT2D eigenvalue weighted by atomic mass is 16.3. The summed E-state index contributed by atoms with van der Waals surface area (Å²) in [6, 6.07) is 18.1. The van der Waals surface area contributed by atoms with Crippen LogP contribution in [0.25, 0.3) is 33.0 Å². The van der Waals surface area contributed by atoms with Gasteiger partial charge in [-0.25, -0.2) is 9.97 Å². The fraction of sp³-hybridized carbons (Fsp3) is 0.0500. The van der Waals surface area contributed by atoms with Crippen LogP contribution in [0.3, 0.4) is 0 Å². The molecule has 0 saturated carbocycles. The van der Waals surface area contributed by atoms with Crippen molar-refractivity contribution in [2.75, 3.05) is 5.32 Å². The lowest BCUT2D eigenvalue weighted by Gasteiger charge is -2.08. The first-order valence-corrected chi connectivity index (χ1v) is 8.09. The number of fused-ring (bicyclic) bond motifs is 4. The van der Waals surface area contributed by atoms with Crippen LogP contribution in [0.2, 0.25) is 0 Å². The highest BCUT2D eigenvalue weighted by molar-refractivity contribution is 6.05. The van der Waals surface area contributed by atoms with E-state index in [1.54, 1.807) is 6.33 Å². The second-order valence-corrected chi connectivity index (χ2v) is 5.84. The molecular formula is C20H14N4O. The summed E-state index contributed by atoms with van der Waals surface area (Å²) in [6.07, 6.45) is 3.38. The van der Waals surface area contributed by atoms with E-state index in [0.29, 0.717) is 17.9 Å². The number of hydrogen-bond acceptors (Lipinski definition) is 5. The van der Waals surface area contributed by atoms with E-state index in [9.17, 15) is 0 Å². The van der Waals surface area contributed by atoms with E-state index < -0.39 is 0 Å². The SMILES string of the molecule is c1cnc2c(CNc3ncnc4c3oc3ccccc34)cccc2c1. The molecule has 0 fully saturated rings. The van der Waals surface area contributed by atoms with Gasteiger partial charge in [0.25, 0.3) is 0 Å². The number of anilines is 1. The summed E-state index contributed by atoms with van der Waals surface area (Å²) in [7, 11) is 0. The lowest BCUT2D eigenvalue weighted by atomic mass is 10.1. The number of rotatable bonds is 3. The lowest BCUT2D eigenvalue weighted by Crippen LogP contribution is -2.03. The van der Waals surface area contributed by atoms with E-state index in [2.05, 4.69) is 38.5 Å². The normalized spacial score (nSPS) is 11.4. The van der Waals surface area contributed by atoms with Crippen molar-refractivity contribution in [3.63, 3.8) is 0 Å². The largest absolute Gasteiger partial charge is 0.450 e. The highest BCUT2D eigenvalue weighted by Gasteiger charge is 2.13. The van der Waals surface area contributed by atoms with Gasteiger partial charge in [-0.15, -0.1) is 0 Å². The molecule has 3 heterocycles. The molecule has 5 aromatic rings. The van der Waals surface area contributed by atoms with Crippen LogP contribution < -0.4 is 5.32 Å². The van der Waals surface area contributed by atoms with Gasteiger partial charge in [0.2, 0.25) is 0 Å². The Morgan fingerprint density at radius 2 is 1.76 bits per heavy atom. The zero-order valence-electron chi connectivity index (χ0n) is 13.3. The van der Waals surface area contributed by atoms with Crippen molar-refractivity contribution >= 4 is 38.8 Å². The van der Waals surface area contributed by atoms with Crippen molar-refractivity contribution in [3.05, 3.63) is 72.7 Å². The summed E-state index contributed by atoms with van der Waals surface area (Å²) in [5.41, 5.74) is 4.42. The minimum atomic E-state index is 0.609. The van der Waals surface area contributed by atoms with Gasteiger partial charge in [0.15, 0.2) is 11.4 Å². The summed E-state index contributed by atoms with van der Waals surface area (Å²) in [6.45, 7) is 0.609. The van der Waals surface area contributed by atoms with E-state index >= 15 is 0 Å². The molecule has 2 aromatic carbocycles. The maximum Gasteiger partial charge on any atom is 0.196 e. The number of nitrogens with zero attached hydrogens (tertiary/aromatic N) is 3. The van der Waals surface area contributed by atoms with Crippen LogP contribution in [-0.4, -0.2) is 15.0 Å². The van der Waals surface area contributed by atoms with Crippen molar-refractivity contribution in [1.82, 2.24) is 15.0 Å². The molecule has 1 N–H and O–H groups in total. The number of nitrogens with one attached hydrogen (secondary N) is 1. The van der Waals surface area contributed by atoms with Crippen molar-refractivity contribution in [3.8, 4) is 0 Å². The number of pyridine rings is 1. The Bertz CT molecular complexity index is 1210. The van der Waals surface area contributed by atoms with Crippen molar-refractivity contribution in [2.45, 2.75) is 6.54 Å². The first-order chi connectivity index (χ1) is 12.4. The quantitative estimate of drug-likeness (QED) is 0.527. The molecule has 0 unspecified atom stereocenters. The Morgan fingerprint density at radius 1 is 0.840 bits per heavy atom. The first kappa shape index (κ1) is 13.9. The average molecular weight is 326 g/mol. The molecule has 0 aliphatic heterocycles. The van der Waals surface area contributed by atoms with Crippen molar-refractivity contribution in [2.24, 2.45) is 0 Å². The highest BCUT2D eigenvalue weighted by Crippen LogP contribution is 2.30. The Labute approximate surface area is 143 Å². The number of para-hydroxylation sites is 2. The molecule has 0 amide bonds. The summed E-state index contributed by atoms with van der Waals surface area (Å²) < 4.78 is 5.96. The van der Waals surface area contributed by atoms with Gasteiger partial charge < -0.3 is 9.73 Å². The van der Waals surface area contributed by atoms with Gasteiger partial charge in [0.05, 0.1) is 5.52 Å². The second kappa shape index (κ2) is 5.56. The maximum absolute atomic E-state index is 5.96. The van der Waals surface area contributed by atoms with E-state index in [1.165, 1.54) is 0 Å². The first-order valence-electron chi connectivity index (χ1n) is 8.09. The van der Waals surface area contributed by atoms with Crippen LogP contribution in [-0.2, 0) is 6.54 Å². The average Bonchev–Trinajstić information content (AvgIpc) is 3.06. The molecule has 120 valence electrons. The zero-order valence-corrected chi connectivity index (χ0v) is 13.3. The predicted octanol–water partition coefficient (Wildman–Crippen LogP) is 4.54. The number of aromatic nitrogens is 3. The Kier molecular flexibility index (Phi) is 3.10. The second-order valence-electron chi connectivity index (χ2n) is 5.84. The van der Waals surface area contributed by atoms with Gasteiger partial charge in [-0.3, -0.25) is 4.98 Å². The van der Waals surface area contributed by atoms with Crippen LogP contribution in [0.1, 0.15) is 5.56 Å². The van der Waals surface area contributed by atoms with Gasteiger partial charge in [-0.05, 0) is 23.8 Å². The van der Waals surface area contributed by atoms with Crippen LogP contribution in [0.15, 0.2) is 71.5 Å². The summed E-state index contributed by atoms with van der Waals surface area (Å²) in [5, 5.41) is 5.49. The molecule has 3 aromatic heterocycles. The van der Waals surface area contributed by atoms with Gasteiger partial charge in [-0.2, -0.15) is 0 Å². The fourth-order valence-corrected chi connectivity index (χ4v) is 3.14. The minimum absolute atomic E-state index is 0.609. The zero-order chi connectivity index (χ0) is 16.6. The number of furan rings is 1. The third-order valence-electron chi connectivity index (χ3n) is 4.32. The van der Waals surface area contributed by atoms with E-state index in [1.807, 2.05) is 42.6 Å². The summed E-state index contributed by atoms with van der Waals surface area (Å²) in [4.78, 5) is 13.2. The molecule has 0 atom stereocenters. The monoisotopic (exact) mass is 326 g/mol. The topological polar surface area (TPSA) is 63.8 Å². The van der Waals surface area contributed by atoms with Gasteiger partial charge in [0.1, 0.15) is 17.4 Å². The van der Waals surface area contributed by atoms with Crippen molar-refractivity contribution in [1.29, 1.82) is 0 Å². The van der Waals surface area contributed by atoms with Crippen LogP contribution >= 0.6 is 0 Å². The summed E-state index contributed by atoms with van der Waals surface area (Å²) in [5.74, 6) is 0.689. The number of hydrogen-bond donors (Lipinski definition) is 1. The van der Waals surface area contributed by atoms with Crippen molar-refractivity contribution < 1.29 is 4.42 Å².